The molecule has 23 heavy (non-hydrogen) atoms. The number of aryl methyl sites for hydroxylation is 2. The van der Waals surface area contributed by atoms with Crippen LogP contribution in [0.3, 0.4) is 0 Å². The molecule has 0 saturated carbocycles. The molecule has 0 aromatic heterocycles. The number of benzene rings is 2. The van der Waals surface area contributed by atoms with Gasteiger partial charge >= 0.3 is 0 Å². The summed E-state index contributed by atoms with van der Waals surface area (Å²) in [4.78, 5) is 2.37. The summed E-state index contributed by atoms with van der Waals surface area (Å²) in [5.74, 6) is 1.05. The maximum Gasteiger partial charge on any atom is 0.146 e. The quantitative estimate of drug-likeness (QED) is 0.917. The van der Waals surface area contributed by atoms with E-state index in [9.17, 15) is 5.11 Å². The molecule has 1 atom stereocenters. The molecule has 1 aliphatic rings. The molecular weight excluding hydrogens is 286 g/mol. The molecule has 0 aliphatic carbocycles. The SMILES string of the molecule is CCCN1CC(Cc2cc(C)ccc2C)Oc2cc(O)ccc21. The fourth-order valence-corrected chi connectivity index (χ4v) is 3.27. The highest BCUT2D eigenvalue weighted by Gasteiger charge is 2.26. The van der Waals surface area contributed by atoms with Crippen molar-refractivity contribution in [2.24, 2.45) is 0 Å². The molecule has 1 heterocycles. The summed E-state index contributed by atoms with van der Waals surface area (Å²) in [5.41, 5.74) is 5.02. The van der Waals surface area contributed by atoms with E-state index < -0.39 is 0 Å². The van der Waals surface area contributed by atoms with Crippen molar-refractivity contribution in [3.63, 3.8) is 0 Å². The minimum absolute atomic E-state index is 0.108. The lowest BCUT2D eigenvalue weighted by Gasteiger charge is -2.36. The average Bonchev–Trinajstić information content (AvgIpc) is 2.51. The van der Waals surface area contributed by atoms with Gasteiger partial charge in [0, 0.05) is 19.0 Å². The van der Waals surface area contributed by atoms with E-state index in [-0.39, 0.29) is 11.9 Å². The van der Waals surface area contributed by atoms with Gasteiger partial charge in [-0.25, -0.2) is 0 Å². The van der Waals surface area contributed by atoms with Gasteiger partial charge in [-0.1, -0.05) is 30.7 Å². The van der Waals surface area contributed by atoms with Gasteiger partial charge in [-0.3, -0.25) is 0 Å². The highest BCUT2D eigenvalue weighted by Crippen LogP contribution is 2.37. The van der Waals surface area contributed by atoms with Gasteiger partial charge < -0.3 is 14.7 Å². The first kappa shape index (κ1) is 15.7. The van der Waals surface area contributed by atoms with Gasteiger partial charge in [0.1, 0.15) is 17.6 Å². The molecule has 0 radical (unpaired) electrons. The molecule has 1 unspecified atom stereocenters. The van der Waals surface area contributed by atoms with E-state index in [1.807, 2.05) is 6.07 Å². The number of hydrogen-bond acceptors (Lipinski definition) is 3. The van der Waals surface area contributed by atoms with Crippen LogP contribution in [-0.4, -0.2) is 24.3 Å². The molecule has 122 valence electrons. The van der Waals surface area contributed by atoms with Gasteiger partial charge in [0.15, 0.2) is 0 Å². The van der Waals surface area contributed by atoms with Gasteiger partial charge in [0.2, 0.25) is 0 Å². The smallest absolute Gasteiger partial charge is 0.146 e. The molecule has 0 spiro atoms. The zero-order valence-corrected chi connectivity index (χ0v) is 14.2. The molecule has 0 bridgehead atoms. The Morgan fingerprint density at radius 2 is 2.00 bits per heavy atom. The van der Waals surface area contributed by atoms with E-state index in [0.29, 0.717) is 0 Å². The number of nitrogens with zero attached hydrogens (tertiary/aromatic N) is 1. The number of rotatable bonds is 4. The number of anilines is 1. The summed E-state index contributed by atoms with van der Waals surface area (Å²) in [6.45, 7) is 8.36. The van der Waals surface area contributed by atoms with E-state index in [0.717, 1.165) is 37.4 Å². The molecule has 3 nitrogen and oxygen atoms in total. The maximum atomic E-state index is 9.76. The summed E-state index contributed by atoms with van der Waals surface area (Å²) in [5, 5.41) is 9.76. The second kappa shape index (κ2) is 6.53. The Hall–Kier alpha value is -2.16. The molecule has 3 heteroatoms. The molecule has 0 fully saturated rings. The molecular formula is C20H25NO2. The van der Waals surface area contributed by atoms with Crippen molar-refractivity contribution >= 4 is 5.69 Å². The number of phenolic OH excluding ortho intramolecular Hbond substituents is 1. The van der Waals surface area contributed by atoms with Crippen LogP contribution in [0.15, 0.2) is 36.4 Å². The number of phenols is 1. The standard InChI is InChI=1S/C20H25NO2/c1-4-9-21-13-18(11-16-10-14(2)5-6-15(16)3)23-20-12-17(22)7-8-19(20)21/h5-8,10,12,18,22H,4,9,11,13H2,1-3H3. The van der Waals surface area contributed by atoms with E-state index in [1.54, 1.807) is 12.1 Å². The summed E-state index contributed by atoms with van der Waals surface area (Å²) >= 11 is 0. The third kappa shape index (κ3) is 3.44. The topological polar surface area (TPSA) is 32.7 Å². The van der Waals surface area contributed by atoms with Crippen LogP contribution in [0.25, 0.3) is 0 Å². The van der Waals surface area contributed by atoms with Gasteiger partial charge in [-0.15, -0.1) is 0 Å². The van der Waals surface area contributed by atoms with E-state index in [4.69, 9.17) is 4.74 Å². The van der Waals surface area contributed by atoms with Crippen LogP contribution in [0.5, 0.6) is 11.5 Å². The molecule has 1 aliphatic heterocycles. The maximum absolute atomic E-state index is 9.76. The predicted molar refractivity (Wildman–Crippen MR) is 94.6 cm³/mol. The predicted octanol–water partition coefficient (Wildman–Crippen LogP) is 4.23. The molecule has 0 saturated heterocycles. The van der Waals surface area contributed by atoms with Crippen molar-refractivity contribution in [1.82, 2.24) is 0 Å². The largest absolute Gasteiger partial charge is 0.508 e. The third-order valence-electron chi connectivity index (χ3n) is 4.45. The Balaban J connectivity index is 1.86. The van der Waals surface area contributed by atoms with Crippen LogP contribution < -0.4 is 9.64 Å². The number of aromatic hydroxyl groups is 1. The van der Waals surface area contributed by atoms with Crippen LogP contribution in [0.1, 0.15) is 30.0 Å². The van der Waals surface area contributed by atoms with Gasteiger partial charge in [0.05, 0.1) is 12.2 Å². The van der Waals surface area contributed by atoms with E-state index >= 15 is 0 Å². The zero-order chi connectivity index (χ0) is 16.4. The lowest BCUT2D eigenvalue weighted by atomic mass is 9.99. The van der Waals surface area contributed by atoms with Crippen LogP contribution in [-0.2, 0) is 6.42 Å². The zero-order valence-electron chi connectivity index (χ0n) is 14.2. The van der Waals surface area contributed by atoms with Crippen LogP contribution >= 0.6 is 0 Å². The fourth-order valence-electron chi connectivity index (χ4n) is 3.27. The number of hydrogen-bond donors (Lipinski definition) is 1. The van der Waals surface area contributed by atoms with Gasteiger partial charge in [0.25, 0.3) is 0 Å². The van der Waals surface area contributed by atoms with Gasteiger partial charge in [-0.05, 0) is 43.5 Å². The Kier molecular flexibility index (Phi) is 4.46. The lowest BCUT2D eigenvalue weighted by molar-refractivity contribution is 0.192. The Morgan fingerprint density at radius 3 is 2.78 bits per heavy atom. The first-order valence-electron chi connectivity index (χ1n) is 8.37. The summed E-state index contributed by atoms with van der Waals surface area (Å²) in [7, 11) is 0. The van der Waals surface area contributed by atoms with Crippen molar-refractivity contribution in [3.8, 4) is 11.5 Å². The Bertz CT molecular complexity index is 696. The first-order chi connectivity index (χ1) is 11.1. The summed E-state index contributed by atoms with van der Waals surface area (Å²) < 4.78 is 6.19. The number of fused-ring (bicyclic) bond motifs is 1. The molecule has 2 aromatic carbocycles. The van der Waals surface area contributed by atoms with E-state index in [1.165, 1.54) is 16.7 Å². The molecule has 1 N–H and O–H groups in total. The van der Waals surface area contributed by atoms with Crippen molar-refractivity contribution in [1.29, 1.82) is 0 Å². The normalized spacial score (nSPS) is 16.8. The number of ether oxygens (including phenoxy) is 1. The first-order valence-corrected chi connectivity index (χ1v) is 8.37. The molecule has 3 rings (SSSR count). The van der Waals surface area contributed by atoms with Gasteiger partial charge in [-0.2, -0.15) is 0 Å². The summed E-state index contributed by atoms with van der Waals surface area (Å²) in [6.07, 6.45) is 2.09. The minimum atomic E-state index is 0.108. The Labute approximate surface area is 138 Å². The van der Waals surface area contributed by atoms with Crippen LogP contribution in [0, 0.1) is 13.8 Å². The third-order valence-corrected chi connectivity index (χ3v) is 4.45. The second-order valence-corrected chi connectivity index (χ2v) is 6.47. The van der Waals surface area contributed by atoms with Crippen molar-refractivity contribution < 1.29 is 9.84 Å². The highest BCUT2D eigenvalue weighted by molar-refractivity contribution is 5.62. The van der Waals surface area contributed by atoms with E-state index in [2.05, 4.69) is 43.9 Å². The van der Waals surface area contributed by atoms with Crippen LogP contribution in [0.2, 0.25) is 0 Å². The minimum Gasteiger partial charge on any atom is -0.508 e. The monoisotopic (exact) mass is 311 g/mol. The fraction of sp³-hybridized carbons (Fsp3) is 0.400. The van der Waals surface area contributed by atoms with Crippen molar-refractivity contribution in [2.75, 3.05) is 18.0 Å². The highest BCUT2D eigenvalue weighted by atomic mass is 16.5. The second-order valence-electron chi connectivity index (χ2n) is 6.47. The van der Waals surface area contributed by atoms with Crippen LogP contribution in [0.4, 0.5) is 5.69 Å². The van der Waals surface area contributed by atoms with Crippen molar-refractivity contribution in [3.05, 3.63) is 53.1 Å². The Morgan fingerprint density at radius 1 is 1.17 bits per heavy atom. The summed E-state index contributed by atoms with van der Waals surface area (Å²) in [6, 6.07) is 12.0. The molecule has 2 aromatic rings. The van der Waals surface area contributed by atoms with Crippen molar-refractivity contribution in [2.45, 2.75) is 39.7 Å². The average molecular weight is 311 g/mol. The molecule has 0 amide bonds. The lowest BCUT2D eigenvalue weighted by Crippen LogP contribution is -2.41.